The van der Waals surface area contributed by atoms with Gasteiger partial charge in [0, 0.05) is 46.3 Å². The highest BCUT2D eigenvalue weighted by atomic mass is 32.1. The number of aromatic nitrogens is 2. The number of fused-ring (bicyclic) bond motifs is 1. The predicted octanol–water partition coefficient (Wildman–Crippen LogP) is 2.63. The van der Waals surface area contributed by atoms with Gasteiger partial charge in [-0.15, -0.1) is 11.3 Å². The Morgan fingerprint density at radius 3 is 2.56 bits per heavy atom. The number of thiophene rings is 1. The number of nitrogens with one attached hydrogen (secondary N) is 1. The van der Waals surface area contributed by atoms with Gasteiger partial charge >= 0.3 is 0 Å². The molecule has 0 unspecified atom stereocenters. The number of hydrogen-bond acceptors (Lipinski definition) is 6. The van der Waals surface area contributed by atoms with Crippen molar-refractivity contribution >= 4 is 27.5 Å². The summed E-state index contributed by atoms with van der Waals surface area (Å²) >= 11 is 1.29. The van der Waals surface area contributed by atoms with Gasteiger partial charge in [-0.2, -0.15) is 0 Å². The number of aryl methyl sites for hydroxylation is 2. The van der Waals surface area contributed by atoms with Crippen molar-refractivity contribution in [1.82, 2.24) is 24.7 Å². The van der Waals surface area contributed by atoms with E-state index in [1.54, 1.807) is 7.05 Å². The third-order valence-electron chi connectivity index (χ3n) is 6.12. The fraction of sp³-hybridized carbons (Fsp3) is 0.458. The van der Waals surface area contributed by atoms with E-state index in [0.717, 1.165) is 57.7 Å². The molecule has 1 aromatic carbocycles. The van der Waals surface area contributed by atoms with Gasteiger partial charge in [0.2, 0.25) is 0 Å². The van der Waals surface area contributed by atoms with Gasteiger partial charge in [0.1, 0.15) is 4.83 Å². The quantitative estimate of drug-likeness (QED) is 0.531. The average Bonchev–Trinajstić information content (AvgIpc) is 3.15. The molecule has 32 heavy (non-hydrogen) atoms. The lowest BCUT2D eigenvalue weighted by molar-refractivity contribution is 0.0954. The van der Waals surface area contributed by atoms with E-state index in [2.05, 4.69) is 50.4 Å². The molecule has 1 N–H and O–H groups in total. The minimum absolute atomic E-state index is 0.105. The van der Waals surface area contributed by atoms with E-state index in [-0.39, 0.29) is 11.5 Å². The van der Waals surface area contributed by atoms with Gasteiger partial charge in [-0.3, -0.25) is 14.5 Å². The summed E-state index contributed by atoms with van der Waals surface area (Å²) in [5, 5.41) is 3.57. The summed E-state index contributed by atoms with van der Waals surface area (Å²) in [6.45, 7) is 8.97. The molecule has 170 valence electrons. The molecular weight excluding hydrogens is 422 g/mol. The Bertz CT molecular complexity index is 1120. The van der Waals surface area contributed by atoms with E-state index in [1.165, 1.54) is 27.8 Å². The maximum Gasteiger partial charge on any atom is 0.262 e. The number of piperazine rings is 1. The summed E-state index contributed by atoms with van der Waals surface area (Å²) in [6, 6.07) is 10.6. The molecule has 0 saturated carbocycles. The van der Waals surface area contributed by atoms with Crippen LogP contribution >= 0.6 is 11.3 Å². The van der Waals surface area contributed by atoms with Crippen molar-refractivity contribution in [3.63, 3.8) is 0 Å². The second kappa shape index (κ2) is 10.4. The van der Waals surface area contributed by atoms with Crippen molar-refractivity contribution in [3.8, 4) is 0 Å². The molecular formula is C24H31N5O2S. The van der Waals surface area contributed by atoms with Crippen molar-refractivity contribution in [2.24, 2.45) is 7.05 Å². The van der Waals surface area contributed by atoms with Crippen LogP contribution < -0.4 is 10.9 Å². The predicted molar refractivity (Wildman–Crippen MR) is 129 cm³/mol. The molecule has 0 spiro atoms. The molecule has 1 aliphatic rings. The number of carbonyl (C=O) groups excluding carboxylic acids is 1. The smallest absolute Gasteiger partial charge is 0.262 e. The third-order valence-corrected chi connectivity index (χ3v) is 7.32. The van der Waals surface area contributed by atoms with E-state index in [4.69, 9.17) is 0 Å². The third kappa shape index (κ3) is 5.26. The van der Waals surface area contributed by atoms with Gasteiger partial charge in [0.05, 0.1) is 16.6 Å². The lowest BCUT2D eigenvalue weighted by Crippen LogP contribution is -2.46. The first-order valence-corrected chi connectivity index (χ1v) is 12.1. The zero-order valence-electron chi connectivity index (χ0n) is 18.8. The van der Waals surface area contributed by atoms with Gasteiger partial charge < -0.3 is 14.8 Å². The average molecular weight is 454 g/mol. The number of unbranched alkanes of at least 4 members (excludes halogenated alkanes) is 1. The maximum absolute atomic E-state index is 12.6. The molecule has 0 bridgehead atoms. The Balaban J connectivity index is 1.17. The van der Waals surface area contributed by atoms with Crippen LogP contribution in [0.4, 0.5) is 0 Å². The Kier molecular flexibility index (Phi) is 7.34. The zero-order chi connectivity index (χ0) is 22.5. The number of carbonyl (C=O) groups is 1. The van der Waals surface area contributed by atoms with Gasteiger partial charge in [0.15, 0.2) is 0 Å². The largest absolute Gasteiger partial charge is 0.351 e. The van der Waals surface area contributed by atoms with Gasteiger partial charge in [0.25, 0.3) is 11.5 Å². The molecule has 3 aromatic rings. The first-order chi connectivity index (χ1) is 15.5. The Labute approximate surface area is 192 Å². The molecule has 4 rings (SSSR count). The van der Waals surface area contributed by atoms with Crippen LogP contribution in [0.1, 0.15) is 33.6 Å². The lowest BCUT2D eigenvalue weighted by atomic mass is 10.2. The van der Waals surface area contributed by atoms with Gasteiger partial charge in [-0.05, 0) is 37.4 Å². The summed E-state index contributed by atoms with van der Waals surface area (Å²) in [5.41, 5.74) is 2.00. The van der Waals surface area contributed by atoms with Crippen LogP contribution in [-0.2, 0) is 13.6 Å². The number of amides is 1. The van der Waals surface area contributed by atoms with Crippen LogP contribution in [-0.4, -0.2) is 64.5 Å². The highest BCUT2D eigenvalue weighted by Gasteiger charge is 2.19. The van der Waals surface area contributed by atoms with Crippen LogP contribution in [0.2, 0.25) is 0 Å². The number of benzene rings is 1. The molecule has 1 aliphatic heterocycles. The molecule has 0 radical (unpaired) electrons. The van der Waals surface area contributed by atoms with Crippen LogP contribution in [0, 0.1) is 6.92 Å². The summed E-state index contributed by atoms with van der Waals surface area (Å²) in [7, 11) is 1.68. The molecule has 0 atom stereocenters. The first-order valence-electron chi connectivity index (χ1n) is 11.2. The van der Waals surface area contributed by atoms with Crippen LogP contribution in [0.5, 0.6) is 0 Å². The molecule has 1 amide bonds. The highest BCUT2D eigenvalue weighted by Crippen LogP contribution is 2.26. The van der Waals surface area contributed by atoms with Crippen LogP contribution in [0.15, 0.2) is 41.5 Å². The minimum atomic E-state index is -0.109. The zero-order valence-corrected chi connectivity index (χ0v) is 19.7. The Hall–Kier alpha value is -2.55. The molecule has 1 saturated heterocycles. The summed E-state index contributed by atoms with van der Waals surface area (Å²) in [4.78, 5) is 35.5. The fourth-order valence-corrected chi connectivity index (χ4v) is 5.24. The standard InChI is InChI=1S/C24H31N5O2S/c1-18-20-23(26-17-27(2)24(20)31)32-21(18)22(30)25-10-6-7-11-28-12-14-29(15-13-28)16-19-8-4-3-5-9-19/h3-5,8-9,17H,6-7,10-16H2,1-2H3,(H,25,30). The second-order valence-corrected chi connectivity index (χ2v) is 9.46. The van der Waals surface area contributed by atoms with Crippen molar-refractivity contribution in [2.75, 3.05) is 39.3 Å². The summed E-state index contributed by atoms with van der Waals surface area (Å²) < 4.78 is 1.45. The SMILES string of the molecule is Cc1c(C(=O)NCCCCN2CCN(Cc3ccccc3)CC2)sc2ncn(C)c(=O)c12. The minimum Gasteiger partial charge on any atom is -0.351 e. The van der Waals surface area contributed by atoms with E-state index >= 15 is 0 Å². The normalized spacial score (nSPS) is 15.3. The lowest BCUT2D eigenvalue weighted by Gasteiger charge is -2.34. The van der Waals surface area contributed by atoms with Crippen LogP contribution in [0.25, 0.3) is 10.2 Å². The topological polar surface area (TPSA) is 70.5 Å². The number of hydrogen-bond donors (Lipinski definition) is 1. The van der Waals surface area contributed by atoms with Gasteiger partial charge in [-0.25, -0.2) is 4.98 Å². The summed E-state index contributed by atoms with van der Waals surface area (Å²) in [6.07, 6.45) is 3.51. The van der Waals surface area contributed by atoms with Crippen molar-refractivity contribution < 1.29 is 4.79 Å². The molecule has 0 aliphatic carbocycles. The Morgan fingerprint density at radius 1 is 1.09 bits per heavy atom. The van der Waals surface area contributed by atoms with Gasteiger partial charge in [-0.1, -0.05) is 30.3 Å². The molecule has 8 heteroatoms. The van der Waals surface area contributed by atoms with E-state index in [9.17, 15) is 9.59 Å². The first kappa shape index (κ1) is 22.6. The fourth-order valence-electron chi connectivity index (χ4n) is 4.18. The summed E-state index contributed by atoms with van der Waals surface area (Å²) in [5.74, 6) is -0.109. The molecule has 3 heterocycles. The van der Waals surface area contributed by atoms with E-state index in [0.29, 0.717) is 21.6 Å². The van der Waals surface area contributed by atoms with E-state index < -0.39 is 0 Å². The molecule has 1 fully saturated rings. The number of rotatable bonds is 8. The van der Waals surface area contributed by atoms with Crippen molar-refractivity contribution in [2.45, 2.75) is 26.3 Å². The van der Waals surface area contributed by atoms with Crippen molar-refractivity contribution in [1.29, 1.82) is 0 Å². The molecule has 2 aromatic heterocycles. The van der Waals surface area contributed by atoms with Crippen molar-refractivity contribution in [3.05, 3.63) is 63.0 Å². The van der Waals surface area contributed by atoms with Crippen LogP contribution in [0.3, 0.4) is 0 Å². The molecule has 7 nitrogen and oxygen atoms in total. The monoisotopic (exact) mass is 453 g/mol. The number of nitrogens with zero attached hydrogens (tertiary/aromatic N) is 4. The second-order valence-electron chi connectivity index (χ2n) is 8.46. The maximum atomic E-state index is 12.6. The van der Waals surface area contributed by atoms with E-state index in [1.807, 2.05) is 6.92 Å². The Morgan fingerprint density at radius 2 is 1.81 bits per heavy atom. The highest BCUT2D eigenvalue weighted by molar-refractivity contribution is 7.20.